The number of imide groups is 1. The standard InChI is InChI=1S/C19H29NO6/c1-4-7-9-11-16(21)20(17(22)12-10-8-5-2)15(14-18(23)24)19(25)26-13-6-3/h4-5,7-8,15H,6,9-14H2,1-3H3,(H,23,24)/b7-4+,8-5+. The van der Waals surface area contributed by atoms with E-state index in [9.17, 15) is 19.2 Å². The van der Waals surface area contributed by atoms with Gasteiger partial charge in [0.25, 0.3) is 0 Å². The molecule has 0 spiro atoms. The summed E-state index contributed by atoms with van der Waals surface area (Å²) in [6.07, 6.45) is 7.78. The van der Waals surface area contributed by atoms with E-state index in [-0.39, 0.29) is 19.4 Å². The van der Waals surface area contributed by atoms with Crippen molar-refractivity contribution in [2.75, 3.05) is 6.61 Å². The number of rotatable bonds is 12. The smallest absolute Gasteiger partial charge is 0.329 e. The number of hydrogen-bond donors (Lipinski definition) is 1. The molecule has 7 heteroatoms. The van der Waals surface area contributed by atoms with E-state index in [1.54, 1.807) is 45.1 Å². The van der Waals surface area contributed by atoms with Crippen LogP contribution >= 0.6 is 0 Å². The first-order valence-corrected chi connectivity index (χ1v) is 8.84. The summed E-state index contributed by atoms with van der Waals surface area (Å²) in [5, 5.41) is 9.12. The van der Waals surface area contributed by atoms with E-state index in [2.05, 4.69) is 0 Å². The van der Waals surface area contributed by atoms with Crippen LogP contribution in [0.25, 0.3) is 0 Å². The number of allylic oxidation sites excluding steroid dienone is 4. The number of aliphatic carboxylic acids is 1. The maximum Gasteiger partial charge on any atom is 0.329 e. The predicted octanol–water partition coefficient (Wildman–Crippen LogP) is 2.85. The Morgan fingerprint density at radius 1 is 1.00 bits per heavy atom. The van der Waals surface area contributed by atoms with Gasteiger partial charge in [0.05, 0.1) is 13.0 Å². The Bertz CT molecular complexity index is 510. The molecule has 1 unspecified atom stereocenters. The summed E-state index contributed by atoms with van der Waals surface area (Å²) in [7, 11) is 0. The number of nitrogens with zero attached hydrogens (tertiary/aromatic N) is 1. The zero-order valence-electron chi connectivity index (χ0n) is 15.8. The quantitative estimate of drug-likeness (QED) is 0.420. The molecule has 0 aliphatic heterocycles. The highest BCUT2D eigenvalue weighted by Gasteiger charge is 2.36. The fraction of sp³-hybridized carbons (Fsp3) is 0.579. The van der Waals surface area contributed by atoms with Crippen molar-refractivity contribution in [3.63, 3.8) is 0 Å². The summed E-state index contributed by atoms with van der Waals surface area (Å²) in [5.41, 5.74) is 0. The molecule has 0 rings (SSSR count). The molecule has 0 bridgehead atoms. The molecule has 146 valence electrons. The number of hydrogen-bond acceptors (Lipinski definition) is 5. The number of carbonyl (C=O) groups is 4. The first kappa shape index (κ1) is 23.6. The van der Waals surface area contributed by atoms with Crippen LogP contribution in [0.4, 0.5) is 0 Å². The van der Waals surface area contributed by atoms with Crippen molar-refractivity contribution < 1.29 is 29.0 Å². The molecule has 0 aliphatic rings. The second-order valence-electron chi connectivity index (χ2n) is 5.65. The average molecular weight is 367 g/mol. The van der Waals surface area contributed by atoms with Crippen molar-refractivity contribution in [1.82, 2.24) is 4.90 Å². The summed E-state index contributed by atoms with van der Waals surface area (Å²) in [4.78, 5) is 49.3. The normalized spacial score (nSPS) is 12.3. The zero-order valence-corrected chi connectivity index (χ0v) is 15.8. The van der Waals surface area contributed by atoms with Crippen molar-refractivity contribution in [2.45, 2.75) is 65.3 Å². The van der Waals surface area contributed by atoms with Crippen molar-refractivity contribution in [3.05, 3.63) is 24.3 Å². The highest BCUT2D eigenvalue weighted by atomic mass is 16.5. The number of carboxylic acid groups (broad SMARTS) is 1. The van der Waals surface area contributed by atoms with E-state index < -0.39 is 36.2 Å². The Balaban J connectivity index is 5.52. The molecular weight excluding hydrogens is 338 g/mol. The van der Waals surface area contributed by atoms with E-state index in [0.29, 0.717) is 19.3 Å². The third-order valence-electron chi connectivity index (χ3n) is 3.46. The van der Waals surface area contributed by atoms with E-state index >= 15 is 0 Å². The summed E-state index contributed by atoms with van der Waals surface area (Å²) < 4.78 is 5.01. The van der Waals surface area contributed by atoms with Gasteiger partial charge in [-0.2, -0.15) is 0 Å². The molecular formula is C19H29NO6. The van der Waals surface area contributed by atoms with Crippen LogP contribution in [0.3, 0.4) is 0 Å². The Kier molecular flexibility index (Phi) is 12.5. The van der Waals surface area contributed by atoms with Crippen molar-refractivity contribution in [3.8, 4) is 0 Å². The largest absolute Gasteiger partial charge is 0.481 e. The summed E-state index contributed by atoms with van der Waals surface area (Å²) in [5.74, 6) is -3.30. The van der Waals surface area contributed by atoms with Gasteiger partial charge in [-0.1, -0.05) is 31.2 Å². The molecule has 26 heavy (non-hydrogen) atoms. The Hall–Kier alpha value is -2.44. The maximum absolute atomic E-state index is 12.5. The van der Waals surface area contributed by atoms with Crippen molar-refractivity contribution >= 4 is 23.8 Å². The van der Waals surface area contributed by atoms with Gasteiger partial charge in [-0.15, -0.1) is 0 Å². The summed E-state index contributed by atoms with van der Waals surface area (Å²) in [6, 6.07) is -1.45. The van der Waals surface area contributed by atoms with Crippen LogP contribution in [0.5, 0.6) is 0 Å². The fourth-order valence-electron chi connectivity index (χ4n) is 2.22. The highest BCUT2D eigenvalue weighted by Crippen LogP contribution is 2.14. The summed E-state index contributed by atoms with van der Waals surface area (Å²) >= 11 is 0. The minimum Gasteiger partial charge on any atom is -0.481 e. The molecule has 2 amide bonds. The van der Waals surface area contributed by atoms with Crippen LogP contribution < -0.4 is 0 Å². The van der Waals surface area contributed by atoms with Crippen LogP contribution in [0.2, 0.25) is 0 Å². The van der Waals surface area contributed by atoms with E-state index in [0.717, 1.165) is 4.90 Å². The molecule has 0 aromatic rings. The molecule has 0 fully saturated rings. The fourth-order valence-corrected chi connectivity index (χ4v) is 2.22. The monoisotopic (exact) mass is 367 g/mol. The minimum absolute atomic E-state index is 0.0108. The Morgan fingerprint density at radius 3 is 1.88 bits per heavy atom. The van der Waals surface area contributed by atoms with Gasteiger partial charge in [0.15, 0.2) is 0 Å². The molecule has 0 aliphatic carbocycles. The molecule has 0 heterocycles. The zero-order chi connectivity index (χ0) is 19.9. The van der Waals surface area contributed by atoms with Gasteiger partial charge in [0.1, 0.15) is 6.04 Å². The van der Waals surface area contributed by atoms with Gasteiger partial charge in [-0.05, 0) is 33.1 Å². The van der Waals surface area contributed by atoms with Gasteiger partial charge >= 0.3 is 11.9 Å². The van der Waals surface area contributed by atoms with Gasteiger partial charge < -0.3 is 9.84 Å². The van der Waals surface area contributed by atoms with Crippen LogP contribution in [0.15, 0.2) is 24.3 Å². The number of carbonyl (C=O) groups excluding carboxylic acids is 3. The lowest BCUT2D eigenvalue weighted by molar-refractivity contribution is -0.163. The Morgan fingerprint density at radius 2 is 1.50 bits per heavy atom. The summed E-state index contributed by atoms with van der Waals surface area (Å²) in [6.45, 7) is 5.50. The number of amides is 2. The molecule has 0 aromatic carbocycles. The Labute approximate surface area is 154 Å². The molecule has 0 aromatic heterocycles. The van der Waals surface area contributed by atoms with Gasteiger partial charge in [0, 0.05) is 12.8 Å². The minimum atomic E-state index is -1.45. The van der Waals surface area contributed by atoms with E-state index in [1.165, 1.54) is 0 Å². The molecule has 1 N–H and O–H groups in total. The third-order valence-corrected chi connectivity index (χ3v) is 3.46. The molecule has 0 saturated carbocycles. The molecule has 0 radical (unpaired) electrons. The number of carboxylic acids is 1. The van der Waals surface area contributed by atoms with Crippen molar-refractivity contribution in [1.29, 1.82) is 0 Å². The topological polar surface area (TPSA) is 101 Å². The average Bonchev–Trinajstić information content (AvgIpc) is 2.59. The molecule has 7 nitrogen and oxygen atoms in total. The lowest BCUT2D eigenvalue weighted by Gasteiger charge is -2.27. The lowest BCUT2D eigenvalue weighted by atomic mass is 10.1. The lowest BCUT2D eigenvalue weighted by Crippen LogP contribution is -2.50. The first-order chi connectivity index (χ1) is 12.4. The van der Waals surface area contributed by atoms with Gasteiger partial charge in [-0.3, -0.25) is 19.3 Å². The SMILES string of the molecule is C/C=C/CCC(=O)N(C(=O)CC/C=C/C)C(CC(=O)O)C(=O)OCCC. The van der Waals surface area contributed by atoms with Crippen LogP contribution in [-0.4, -0.2) is 46.4 Å². The van der Waals surface area contributed by atoms with Crippen LogP contribution in [0.1, 0.15) is 59.3 Å². The van der Waals surface area contributed by atoms with E-state index in [4.69, 9.17) is 9.84 Å². The molecule has 0 saturated heterocycles. The second kappa shape index (κ2) is 13.8. The van der Waals surface area contributed by atoms with Gasteiger partial charge in [-0.25, -0.2) is 4.79 Å². The number of esters is 1. The molecule has 1 atom stereocenters. The van der Waals surface area contributed by atoms with Crippen LogP contribution in [0, 0.1) is 0 Å². The number of ether oxygens (including phenoxy) is 1. The second-order valence-corrected chi connectivity index (χ2v) is 5.65. The third kappa shape index (κ3) is 9.15. The van der Waals surface area contributed by atoms with Crippen molar-refractivity contribution in [2.24, 2.45) is 0 Å². The van der Waals surface area contributed by atoms with E-state index in [1.807, 2.05) is 0 Å². The highest BCUT2D eigenvalue weighted by molar-refractivity contribution is 6.00. The van der Waals surface area contributed by atoms with Gasteiger partial charge in [0.2, 0.25) is 11.8 Å². The predicted molar refractivity (Wildman–Crippen MR) is 97.2 cm³/mol. The van der Waals surface area contributed by atoms with Crippen LogP contribution in [-0.2, 0) is 23.9 Å². The maximum atomic E-state index is 12.5. The first-order valence-electron chi connectivity index (χ1n) is 8.84.